The fourth-order valence-electron chi connectivity index (χ4n) is 5.40. The predicted molar refractivity (Wildman–Crippen MR) is 117 cm³/mol. The number of Topliss-reactive ketones (excluding diaryl/α,β-unsaturated/α-hetero) is 1. The molecule has 10 nitrogen and oxygen atoms in total. The van der Waals surface area contributed by atoms with E-state index in [0.717, 1.165) is 0 Å². The molecule has 2 aliphatic carbocycles. The molecule has 0 saturated carbocycles. The smallest absolute Gasteiger partial charge is 0.255 e. The normalized spacial score (nSPS) is 30.9. The second kappa shape index (κ2) is 8.29. The van der Waals surface area contributed by atoms with Gasteiger partial charge in [-0.3, -0.25) is 19.3 Å². The lowest BCUT2D eigenvalue weighted by molar-refractivity contribution is -0.152. The molecule has 6 atom stereocenters. The van der Waals surface area contributed by atoms with Gasteiger partial charge in [-0.1, -0.05) is 19.1 Å². The van der Waals surface area contributed by atoms with Gasteiger partial charge in [-0.15, -0.1) is 0 Å². The summed E-state index contributed by atoms with van der Waals surface area (Å²) in [6.07, 6.45) is -1.04. The number of phenolic OH excluding ortho intramolecular Hbond substituents is 1. The van der Waals surface area contributed by atoms with Crippen molar-refractivity contribution in [2.75, 3.05) is 14.1 Å². The number of aromatic hydroxyl groups is 1. The van der Waals surface area contributed by atoms with Crippen LogP contribution in [0.3, 0.4) is 0 Å². The third-order valence-corrected chi connectivity index (χ3v) is 6.97. The second-order valence-corrected chi connectivity index (χ2v) is 8.89. The second-order valence-electron chi connectivity index (χ2n) is 8.89. The number of nitrogens with zero attached hydrogens (tertiary/aromatic N) is 1. The standard InChI is InChI=1S/C23H28N2O8/c1-9(11-6-5-7-13(27)12(11)8-26)14-10(2)20(30)23(33)16(18(14)28)17(25(3)4)19(29)15(21(23)31)22(24)32/h5-9,14,16-18,27-28,30-31,33H,1-4H3,(H2,24,32)/t9-,14+,16+,17-,18-,23-/m0/s1. The first-order chi connectivity index (χ1) is 15.3. The van der Waals surface area contributed by atoms with E-state index in [1.54, 1.807) is 13.0 Å². The van der Waals surface area contributed by atoms with Gasteiger partial charge in [0.05, 0.1) is 23.6 Å². The number of fused-ring (bicyclic) bond motifs is 1. The number of primary amides is 1. The summed E-state index contributed by atoms with van der Waals surface area (Å²) in [5, 5.41) is 54.9. The highest BCUT2D eigenvalue weighted by atomic mass is 16.4. The lowest BCUT2D eigenvalue weighted by Gasteiger charge is -2.52. The van der Waals surface area contributed by atoms with E-state index in [0.29, 0.717) is 11.8 Å². The van der Waals surface area contributed by atoms with Crippen molar-refractivity contribution in [3.05, 3.63) is 52.0 Å². The molecule has 10 heteroatoms. The largest absolute Gasteiger partial charge is 0.509 e. The number of carbonyl (C=O) groups excluding carboxylic acids is 3. The number of likely N-dealkylation sites (N-methyl/N-ethyl adjacent to an activating group) is 1. The number of ketones is 1. The van der Waals surface area contributed by atoms with E-state index in [-0.39, 0.29) is 16.9 Å². The highest BCUT2D eigenvalue weighted by Crippen LogP contribution is 2.52. The Morgan fingerprint density at radius 1 is 1.21 bits per heavy atom. The minimum absolute atomic E-state index is 0.00737. The van der Waals surface area contributed by atoms with Crippen molar-refractivity contribution in [2.24, 2.45) is 17.6 Å². The third kappa shape index (κ3) is 3.33. The van der Waals surface area contributed by atoms with Gasteiger partial charge < -0.3 is 31.3 Å². The first-order valence-corrected chi connectivity index (χ1v) is 10.3. The number of aliphatic hydroxyl groups is 4. The van der Waals surface area contributed by atoms with Gasteiger partial charge in [-0.2, -0.15) is 0 Å². The quantitative estimate of drug-likeness (QED) is 0.266. The van der Waals surface area contributed by atoms with Crippen molar-refractivity contribution in [3.8, 4) is 5.75 Å². The third-order valence-electron chi connectivity index (χ3n) is 6.97. The van der Waals surface area contributed by atoms with Crippen LogP contribution in [0.15, 0.2) is 40.9 Å². The first-order valence-electron chi connectivity index (χ1n) is 10.3. The fourth-order valence-corrected chi connectivity index (χ4v) is 5.40. The summed E-state index contributed by atoms with van der Waals surface area (Å²) in [5.41, 5.74) is 2.26. The molecule has 0 fully saturated rings. The number of aldehydes is 1. The van der Waals surface area contributed by atoms with E-state index >= 15 is 0 Å². The van der Waals surface area contributed by atoms with Crippen LogP contribution in [0.4, 0.5) is 0 Å². The number of rotatable bonds is 5. The van der Waals surface area contributed by atoms with Crippen molar-refractivity contribution in [1.29, 1.82) is 0 Å². The van der Waals surface area contributed by atoms with E-state index in [4.69, 9.17) is 5.73 Å². The molecule has 7 N–H and O–H groups in total. The monoisotopic (exact) mass is 460 g/mol. The molecule has 1 aromatic rings. The highest BCUT2D eigenvalue weighted by Gasteiger charge is 2.64. The molecule has 2 aliphatic rings. The molecule has 0 spiro atoms. The molecule has 0 radical (unpaired) electrons. The van der Waals surface area contributed by atoms with Gasteiger partial charge >= 0.3 is 0 Å². The molecular formula is C23H28N2O8. The Morgan fingerprint density at radius 2 is 1.82 bits per heavy atom. The number of hydrogen-bond donors (Lipinski definition) is 6. The average molecular weight is 460 g/mol. The summed E-state index contributed by atoms with van der Waals surface area (Å²) in [6, 6.07) is 3.14. The SMILES string of the molecule is CC1=C(O)[C@]2(O)C(O)=C(C(N)=O)C(=O)[C@@H](N(C)C)[C@@H]2[C@@H](O)[C@@H]1[C@@H](C)c1cccc(O)c1C=O. The van der Waals surface area contributed by atoms with Crippen LogP contribution >= 0.6 is 0 Å². The van der Waals surface area contributed by atoms with Gasteiger partial charge in [0.1, 0.15) is 22.8 Å². The lowest BCUT2D eigenvalue weighted by atomic mass is 9.58. The van der Waals surface area contributed by atoms with Crippen molar-refractivity contribution in [1.82, 2.24) is 4.90 Å². The van der Waals surface area contributed by atoms with E-state index in [9.17, 15) is 39.9 Å². The Morgan fingerprint density at radius 3 is 2.33 bits per heavy atom. The first kappa shape index (κ1) is 24.4. The minimum Gasteiger partial charge on any atom is -0.509 e. The van der Waals surface area contributed by atoms with Crippen LogP contribution in [-0.4, -0.2) is 80.3 Å². The summed E-state index contributed by atoms with van der Waals surface area (Å²) in [5.74, 6) is -7.34. The number of benzene rings is 1. The number of amides is 1. The zero-order valence-electron chi connectivity index (χ0n) is 18.7. The Kier molecular flexibility index (Phi) is 6.14. The molecular weight excluding hydrogens is 432 g/mol. The van der Waals surface area contributed by atoms with E-state index in [1.165, 1.54) is 38.1 Å². The number of hydrogen-bond acceptors (Lipinski definition) is 9. The summed E-state index contributed by atoms with van der Waals surface area (Å²) < 4.78 is 0. The summed E-state index contributed by atoms with van der Waals surface area (Å²) in [4.78, 5) is 38.0. The summed E-state index contributed by atoms with van der Waals surface area (Å²) in [6.45, 7) is 3.09. The molecule has 33 heavy (non-hydrogen) atoms. The number of phenols is 1. The van der Waals surface area contributed by atoms with Gasteiger partial charge in [-0.05, 0) is 44.1 Å². The van der Waals surface area contributed by atoms with Crippen LogP contribution in [-0.2, 0) is 9.59 Å². The topological polar surface area (TPSA) is 182 Å². The molecule has 0 saturated heterocycles. The maximum absolute atomic E-state index is 13.1. The van der Waals surface area contributed by atoms with E-state index < -0.39 is 64.3 Å². The van der Waals surface area contributed by atoms with Crippen LogP contribution in [0, 0.1) is 11.8 Å². The lowest BCUT2D eigenvalue weighted by Crippen LogP contribution is -2.66. The maximum atomic E-state index is 13.1. The molecule has 1 amide bonds. The highest BCUT2D eigenvalue weighted by molar-refractivity contribution is 6.22. The Hall–Kier alpha value is -3.21. The van der Waals surface area contributed by atoms with Crippen molar-refractivity contribution >= 4 is 18.0 Å². The summed E-state index contributed by atoms with van der Waals surface area (Å²) >= 11 is 0. The Bertz CT molecular complexity index is 1090. The Labute approximate surface area is 190 Å². The summed E-state index contributed by atoms with van der Waals surface area (Å²) in [7, 11) is 2.97. The van der Waals surface area contributed by atoms with Crippen LogP contribution < -0.4 is 5.73 Å². The van der Waals surface area contributed by atoms with E-state index in [2.05, 4.69) is 0 Å². The minimum atomic E-state index is -2.64. The zero-order chi connectivity index (χ0) is 25.0. The van der Waals surface area contributed by atoms with Crippen molar-refractivity contribution in [3.63, 3.8) is 0 Å². The zero-order valence-corrected chi connectivity index (χ0v) is 18.7. The molecule has 0 bridgehead atoms. The number of nitrogens with two attached hydrogens (primary N) is 1. The maximum Gasteiger partial charge on any atom is 0.255 e. The number of carbonyl (C=O) groups is 3. The van der Waals surface area contributed by atoms with Gasteiger partial charge in [0.2, 0.25) is 0 Å². The molecule has 0 aliphatic heterocycles. The molecule has 0 heterocycles. The fraction of sp³-hybridized carbons (Fsp3) is 0.435. The van der Waals surface area contributed by atoms with Gasteiger partial charge in [0.15, 0.2) is 17.7 Å². The van der Waals surface area contributed by atoms with Crippen LogP contribution in [0.2, 0.25) is 0 Å². The molecule has 1 aromatic carbocycles. The average Bonchev–Trinajstić information content (AvgIpc) is 2.73. The van der Waals surface area contributed by atoms with Gasteiger partial charge in [0, 0.05) is 5.92 Å². The van der Waals surface area contributed by atoms with Gasteiger partial charge in [0.25, 0.3) is 5.91 Å². The molecule has 178 valence electrons. The molecule has 0 aromatic heterocycles. The molecule has 3 rings (SSSR count). The van der Waals surface area contributed by atoms with Gasteiger partial charge in [-0.25, -0.2) is 0 Å². The van der Waals surface area contributed by atoms with Crippen LogP contribution in [0.5, 0.6) is 5.75 Å². The van der Waals surface area contributed by atoms with Crippen LogP contribution in [0.25, 0.3) is 0 Å². The van der Waals surface area contributed by atoms with Crippen molar-refractivity contribution in [2.45, 2.75) is 37.5 Å². The Balaban J connectivity index is 2.30. The number of aliphatic hydroxyl groups excluding tert-OH is 3. The van der Waals surface area contributed by atoms with Crippen molar-refractivity contribution < 1.29 is 39.9 Å². The van der Waals surface area contributed by atoms with Crippen LogP contribution in [0.1, 0.15) is 35.7 Å². The molecule has 0 unspecified atom stereocenters. The van der Waals surface area contributed by atoms with E-state index in [1.807, 2.05) is 0 Å². The predicted octanol–water partition coefficient (Wildman–Crippen LogP) is 0.289.